The Morgan fingerprint density at radius 2 is 1.11 bits per heavy atom. The number of anilines is 2. The lowest BCUT2D eigenvalue weighted by Crippen LogP contribution is -2.29. The smallest absolute Gasteiger partial charge is 0.236 e. The van der Waals surface area contributed by atoms with Crippen molar-refractivity contribution < 1.29 is 19.2 Å². The van der Waals surface area contributed by atoms with E-state index in [1.807, 2.05) is 50.2 Å². The summed E-state index contributed by atoms with van der Waals surface area (Å²) in [6, 6.07) is 11.4. The molecule has 188 valence electrons. The van der Waals surface area contributed by atoms with Gasteiger partial charge in [0.25, 0.3) is 0 Å². The summed E-state index contributed by atoms with van der Waals surface area (Å²) in [4.78, 5) is 48.3. The number of carbonyl (C=O) groups is 4. The second-order valence-corrected chi connectivity index (χ2v) is 11.6. The summed E-state index contributed by atoms with van der Waals surface area (Å²) in [6.45, 7) is 3.91. The molecule has 4 N–H and O–H groups in total. The average Bonchev–Trinajstić information content (AvgIpc) is 3.60. The van der Waals surface area contributed by atoms with E-state index in [1.165, 1.54) is 0 Å². The zero-order chi connectivity index (χ0) is 26.2. The first kappa shape index (κ1) is 25.0. The Labute approximate surface area is 225 Å². The lowest BCUT2D eigenvalue weighted by molar-refractivity contribution is -0.125. The van der Waals surface area contributed by atoms with Crippen molar-refractivity contribution in [2.45, 2.75) is 24.7 Å². The quantitative estimate of drug-likeness (QED) is 0.414. The van der Waals surface area contributed by atoms with Crippen molar-refractivity contribution in [3.63, 3.8) is 0 Å². The van der Waals surface area contributed by atoms with Crippen molar-refractivity contribution in [3.05, 3.63) is 56.5 Å². The van der Waals surface area contributed by atoms with Gasteiger partial charge in [0.2, 0.25) is 23.6 Å². The number of hydrogen-bond donors (Lipinski definition) is 4. The summed E-state index contributed by atoms with van der Waals surface area (Å²) in [5.74, 6) is -0.707. The van der Waals surface area contributed by atoms with Gasteiger partial charge in [-0.1, -0.05) is 45.7 Å². The molecule has 0 radical (unpaired) electrons. The predicted molar refractivity (Wildman–Crippen MR) is 142 cm³/mol. The van der Waals surface area contributed by atoms with Crippen LogP contribution in [0.5, 0.6) is 0 Å². The molecule has 6 atom stereocenters. The van der Waals surface area contributed by atoms with Crippen molar-refractivity contribution in [2.75, 3.05) is 24.7 Å². The van der Waals surface area contributed by atoms with Crippen LogP contribution in [0.15, 0.2) is 45.3 Å². The maximum Gasteiger partial charge on any atom is 0.236 e. The Balaban J connectivity index is 0.000000148. The van der Waals surface area contributed by atoms with Crippen molar-refractivity contribution in [2.24, 2.45) is 23.7 Å². The number of rotatable bonds is 2. The number of carbonyl (C=O) groups excluding carboxylic acids is 4. The molecular formula is C26H26Br2N4O4. The first-order chi connectivity index (χ1) is 17.1. The minimum absolute atomic E-state index is 0.0352. The number of nitrogens with one attached hydrogen (secondary N) is 4. The van der Waals surface area contributed by atoms with Crippen LogP contribution in [-0.2, 0) is 30.0 Å². The summed E-state index contributed by atoms with van der Waals surface area (Å²) in [7, 11) is 3.21. The van der Waals surface area contributed by atoms with Crippen LogP contribution in [0.4, 0.5) is 11.4 Å². The maximum absolute atomic E-state index is 12.3. The molecule has 2 aliphatic carbocycles. The van der Waals surface area contributed by atoms with Crippen molar-refractivity contribution in [1.29, 1.82) is 0 Å². The van der Waals surface area contributed by atoms with Crippen molar-refractivity contribution in [1.82, 2.24) is 10.6 Å². The van der Waals surface area contributed by atoms with Crippen LogP contribution in [0.25, 0.3) is 0 Å². The summed E-state index contributed by atoms with van der Waals surface area (Å²) < 4.78 is 1.85. The monoisotopic (exact) mass is 616 g/mol. The van der Waals surface area contributed by atoms with Gasteiger partial charge in [-0.25, -0.2) is 0 Å². The normalized spacial score (nSPS) is 32.1. The molecule has 0 aromatic heterocycles. The van der Waals surface area contributed by atoms with E-state index in [-0.39, 0.29) is 47.3 Å². The van der Waals surface area contributed by atoms with Gasteiger partial charge in [0.05, 0.1) is 22.7 Å². The summed E-state index contributed by atoms with van der Waals surface area (Å²) >= 11 is 6.84. The highest BCUT2D eigenvalue weighted by molar-refractivity contribution is 9.10. The van der Waals surface area contributed by atoms with Crippen LogP contribution < -0.4 is 21.3 Å². The highest BCUT2D eigenvalue weighted by atomic mass is 79.9. The van der Waals surface area contributed by atoms with Gasteiger partial charge >= 0.3 is 0 Å². The lowest BCUT2D eigenvalue weighted by atomic mass is 9.93. The fourth-order valence-corrected chi connectivity index (χ4v) is 7.18. The van der Waals surface area contributed by atoms with Gasteiger partial charge < -0.3 is 21.3 Å². The molecule has 2 aliphatic heterocycles. The maximum atomic E-state index is 12.3. The predicted octanol–water partition coefficient (Wildman–Crippen LogP) is 3.30. The molecule has 4 amide bonds. The largest absolute Gasteiger partial charge is 0.359 e. The molecule has 2 fully saturated rings. The fourth-order valence-electron chi connectivity index (χ4n) is 6.45. The Bertz CT molecular complexity index is 1250. The Hall–Kier alpha value is -2.72. The van der Waals surface area contributed by atoms with Crippen molar-refractivity contribution >= 4 is 66.9 Å². The highest BCUT2D eigenvalue weighted by Crippen LogP contribution is 2.65. The molecule has 4 aliphatic rings. The zero-order valence-electron chi connectivity index (χ0n) is 20.2. The number of benzene rings is 2. The molecule has 2 aromatic carbocycles. The van der Waals surface area contributed by atoms with Crippen molar-refractivity contribution in [3.8, 4) is 0 Å². The van der Waals surface area contributed by atoms with Gasteiger partial charge in [-0.05, 0) is 59.4 Å². The standard InChI is InChI=1S/2C13H13BrN2O2/c2*1-6-10(11(17)15-2)13(6)8-5-7(14)3-4-9(8)16-12(13)18/h2*3-6,10H,1-2H3,(H,15,17)(H,16,18)/t2*6-,10+,13+/m11/s1. The molecule has 2 heterocycles. The third-order valence-corrected chi connectivity index (χ3v) is 9.35. The molecule has 6 rings (SSSR count). The molecule has 2 spiro atoms. The molecular weight excluding hydrogens is 592 g/mol. The molecule has 8 nitrogen and oxygen atoms in total. The summed E-state index contributed by atoms with van der Waals surface area (Å²) in [5.41, 5.74) is 2.17. The second kappa shape index (κ2) is 8.41. The molecule has 0 saturated heterocycles. The van der Waals surface area contributed by atoms with Crippen LogP contribution in [0.2, 0.25) is 0 Å². The Kier molecular flexibility index (Phi) is 5.83. The van der Waals surface area contributed by atoms with E-state index in [0.29, 0.717) is 0 Å². The fraction of sp³-hybridized carbons (Fsp3) is 0.385. The van der Waals surface area contributed by atoms with Gasteiger partial charge in [0, 0.05) is 34.4 Å². The van der Waals surface area contributed by atoms with Crippen LogP contribution in [0.1, 0.15) is 25.0 Å². The van der Waals surface area contributed by atoms with E-state index in [1.54, 1.807) is 14.1 Å². The zero-order valence-corrected chi connectivity index (χ0v) is 23.3. The number of halogens is 2. The SMILES string of the molecule is CNC(=O)[C@@H]1[C@@H](C)[C@@]12C(=O)Nc1ccc(Br)cc12.CNC(=O)[C@@H]1[C@@H](C)[C@@]12C(=O)Nc1ccc(Br)cc12. The van der Waals surface area contributed by atoms with Crippen LogP contribution in [-0.4, -0.2) is 37.7 Å². The minimum Gasteiger partial charge on any atom is -0.359 e. The third kappa shape index (κ3) is 3.16. The Morgan fingerprint density at radius 3 is 1.44 bits per heavy atom. The highest BCUT2D eigenvalue weighted by Gasteiger charge is 2.74. The second-order valence-electron chi connectivity index (χ2n) is 9.79. The molecule has 10 heteroatoms. The summed E-state index contributed by atoms with van der Waals surface area (Å²) in [5, 5.41) is 11.0. The van der Waals surface area contributed by atoms with E-state index in [2.05, 4.69) is 53.1 Å². The van der Waals surface area contributed by atoms with Gasteiger partial charge in [0.15, 0.2) is 0 Å². The Morgan fingerprint density at radius 1 is 0.750 bits per heavy atom. The molecule has 0 unspecified atom stereocenters. The van der Waals surface area contributed by atoms with E-state index in [0.717, 1.165) is 31.4 Å². The van der Waals surface area contributed by atoms with E-state index >= 15 is 0 Å². The van der Waals surface area contributed by atoms with Gasteiger partial charge in [-0.15, -0.1) is 0 Å². The first-order valence-corrected chi connectivity index (χ1v) is 13.3. The number of amides is 4. The number of fused-ring (bicyclic) bond motifs is 4. The number of hydrogen-bond acceptors (Lipinski definition) is 4. The molecule has 2 aromatic rings. The van der Waals surface area contributed by atoms with Gasteiger partial charge in [0.1, 0.15) is 0 Å². The molecule has 0 bridgehead atoms. The van der Waals surface area contributed by atoms with Gasteiger partial charge in [-0.2, -0.15) is 0 Å². The van der Waals surface area contributed by atoms with E-state index in [4.69, 9.17) is 0 Å². The summed E-state index contributed by atoms with van der Waals surface area (Å²) in [6.07, 6.45) is 0. The van der Waals surface area contributed by atoms with Gasteiger partial charge in [-0.3, -0.25) is 19.2 Å². The van der Waals surface area contributed by atoms with E-state index in [9.17, 15) is 19.2 Å². The van der Waals surface area contributed by atoms with Crippen LogP contribution in [0.3, 0.4) is 0 Å². The first-order valence-electron chi connectivity index (χ1n) is 11.7. The average molecular weight is 618 g/mol. The topological polar surface area (TPSA) is 116 Å². The molecule has 36 heavy (non-hydrogen) atoms. The van der Waals surface area contributed by atoms with Crippen LogP contribution >= 0.6 is 31.9 Å². The lowest BCUT2D eigenvalue weighted by Gasteiger charge is -2.08. The minimum atomic E-state index is -0.667. The van der Waals surface area contributed by atoms with Crippen LogP contribution in [0, 0.1) is 23.7 Å². The third-order valence-electron chi connectivity index (χ3n) is 8.36. The van der Waals surface area contributed by atoms with E-state index < -0.39 is 10.8 Å². The molecule has 2 saturated carbocycles.